The van der Waals surface area contributed by atoms with Crippen molar-refractivity contribution < 1.29 is 56.4 Å². The average Bonchev–Trinajstić information content (AvgIpc) is 3.50. The van der Waals surface area contributed by atoms with E-state index in [1.54, 1.807) is 69.8 Å². The zero-order chi connectivity index (χ0) is 36.4. The molecule has 1 N–H and O–H groups in total. The standard InChI is InChI=1S/C20H29N2O7PS.C13H18O5/c1-6-27-30(24,28-7-2)12-16-13-31-20(21-16)22-19(23)15-8-17(26-5)10-18(9-15)29-14(3)11-25-4;1-9(8-15-2)18-12-6-10(13(14)17-4)5-11(7-12)16-3/h8-10,13-14H,6-7,11-12H2,1-5H3,(H,21,22,23);5-7,9H,8H2,1-4H3/t14-;9-/m00/s1. The fourth-order valence-electron chi connectivity index (χ4n) is 4.21. The molecule has 3 rings (SSSR count). The van der Waals surface area contributed by atoms with E-state index in [1.807, 2.05) is 13.8 Å². The third kappa shape index (κ3) is 14.3. The number of aromatic nitrogens is 1. The van der Waals surface area contributed by atoms with Crippen molar-refractivity contribution >= 4 is 35.9 Å². The van der Waals surface area contributed by atoms with Gasteiger partial charge in [-0.15, -0.1) is 11.3 Å². The quantitative estimate of drug-likeness (QED) is 0.106. The Balaban J connectivity index is 0.000000393. The number of nitrogens with one attached hydrogen (secondary N) is 1. The van der Waals surface area contributed by atoms with Gasteiger partial charge in [-0.1, -0.05) is 0 Å². The lowest BCUT2D eigenvalue weighted by atomic mass is 10.2. The minimum Gasteiger partial charge on any atom is -0.497 e. The predicted octanol–water partition coefficient (Wildman–Crippen LogP) is 6.48. The van der Waals surface area contributed by atoms with Crippen LogP contribution in [0.3, 0.4) is 0 Å². The van der Waals surface area contributed by atoms with Gasteiger partial charge in [0.2, 0.25) is 0 Å². The van der Waals surface area contributed by atoms with Crippen molar-refractivity contribution in [1.29, 1.82) is 0 Å². The molecule has 2 aromatic carbocycles. The molecule has 3 aromatic rings. The maximum atomic E-state index is 12.8. The summed E-state index contributed by atoms with van der Waals surface area (Å²) in [6.07, 6.45) is -0.274. The molecule has 0 spiro atoms. The first kappa shape index (κ1) is 41.5. The SMILES string of the molecule is CCOP(=O)(Cc1csc(NC(=O)c2cc(OC)cc(O[C@@H](C)COC)c2)n1)OCC.COC[C@H](C)Oc1cc(OC)cc(C(=O)OC)c1. The van der Waals surface area contributed by atoms with Crippen LogP contribution in [0, 0.1) is 0 Å². The lowest BCUT2D eigenvalue weighted by Gasteiger charge is -2.15. The first-order valence-electron chi connectivity index (χ1n) is 15.3. The topological polar surface area (TPSA) is 159 Å². The molecular weight excluding hydrogens is 679 g/mol. The molecule has 0 radical (unpaired) electrons. The summed E-state index contributed by atoms with van der Waals surface area (Å²) in [5.41, 5.74) is 1.26. The second-order valence-electron chi connectivity index (χ2n) is 10.3. The first-order valence-corrected chi connectivity index (χ1v) is 17.9. The van der Waals surface area contributed by atoms with Gasteiger partial charge in [0.25, 0.3) is 5.91 Å². The Hall–Kier alpha value is -3.72. The Bertz CT molecular complexity index is 1510. The van der Waals surface area contributed by atoms with Crippen molar-refractivity contribution in [3.8, 4) is 23.0 Å². The molecule has 0 saturated heterocycles. The summed E-state index contributed by atoms with van der Waals surface area (Å²) < 4.78 is 59.8. The molecule has 0 saturated carbocycles. The van der Waals surface area contributed by atoms with E-state index in [4.69, 9.17) is 37.5 Å². The fourth-order valence-corrected chi connectivity index (χ4v) is 6.64. The first-order chi connectivity index (χ1) is 23.4. The van der Waals surface area contributed by atoms with Gasteiger partial charge in [0.05, 0.1) is 65.2 Å². The second kappa shape index (κ2) is 21.4. The van der Waals surface area contributed by atoms with Gasteiger partial charge in [-0.3, -0.25) is 14.7 Å². The van der Waals surface area contributed by atoms with Gasteiger partial charge in [-0.05, 0) is 52.0 Å². The molecule has 0 fully saturated rings. The number of benzene rings is 2. The van der Waals surface area contributed by atoms with Crippen LogP contribution < -0.4 is 24.3 Å². The normalized spacial score (nSPS) is 12.2. The monoisotopic (exact) mass is 726 g/mol. The van der Waals surface area contributed by atoms with Crippen molar-refractivity contribution in [3.05, 3.63) is 58.6 Å². The number of rotatable bonds is 19. The highest BCUT2D eigenvalue weighted by molar-refractivity contribution is 7.53. The maximum Gasteiger partial charge on any atom is 0.338 e. The number of hydrogen-bond donors (Lipinski definition) is 1. The number of methoxy groups -OCH3 is 5. The number of amides is 1. The summed E-state index contributed by atoms with van der Waals surface area (Å²) >= 11 is 1.23. The van der Waals surface area contributed by atoms with E-state index in [2.05, 4.69) is 15.0 Å². The van der Waals surface area contributed by atoms with Crippen molar-refractivity contribution in [2.75, 3.05) is 67.3 Å². The predicted molar refractivity (Wildman–Crippen MR) is 186 cm³/mol. The second-order valence-corrected chi connectivity index (χ2v) is 13.2. The Morgan fingerprint density at radius 1 is 0.776 bits per heavy atom. The number of ether oxygens (including phenoxy) is 7. The molecule has 0 aliphatic heterocycles. The van der Waals surface area contributed by atoms with Crippen LogP contribution in [0.4, 0.5) is 5.13 Å². The van der Waals surface area contributed by atoms with Gasteiger partial charge in [0.1, 0.15) is 35.2 Å². The van der Waals surface area contributed by atoms with Crippen LogP contribution in [0.5, 0.6) is 23.0 Å². The van der Waals surface area contributed by atoms with E-state index in [0.717, 1.165) is 0 Å². The van der Waals surface area contributed by atoms with E-state index in [9.17, 15) is 14.2 Å². The summed E-state index contributed by atoms with van der Waals surface area (Å²) in [7, 11) is 4.30. The number of carbonyl (C=O) groups excluding carboxylic acids is 2. The molecular formula is C33H47N2O12PS. The number of anilines is 1. The van der Waals surface area contributed by atoms with Crippen molar-refractivity contribution in [2.24, 2.45) is 0 Å². The minimum atomic E-state index is -3.27. The molecule has 0 aliphatic rings. The lowest BCUT2D eigenvalue weighted by molar-refractivity contribution is 0.0598. The van der Waals surface area contributed by atoms with Gasteiger partial charge < -0.3 is 42.2 Å². The third-order valence-electron chi connectivity index (χ3n) is 6.17. The molecule has 1 aromatic heterocycles. The van der Waals surface area contributed by atoms with Gasteiger partial charge in [0.15, 0.2) is 5.13 Å². The number of esters is 1. The Labute approximate surface area is 291 Å². The molecule has 49 heavy (non-hydrogen) atoms. The molecule has 1 heterocycles. The molecule has 0 unspecified atom stereocenters. The average molecular weight is 727 g/mol. The maximum absolute atomic E-state index is 12.8. The molecule has 272 valence electrons. The summed E-state index contributed by atoms with van der Waals surface area (Å²) in [6.45, 7) is 8.66. The highest BCUT2D eigenvalue weighted by Crippen LogP contribution is 2.51. The third-order valence-corrected chi connectivity index (χ3v) is 8.99. The summed E-state index contributed by atoms with van der Waals surface area (Å²) in [6, 6.07) is 9.84. The Kier molecular flexibility index (Phi) is 18.1. The van der Waals surface area contributed by atoms with Crippen LogP contribution in [0.1, 0.15) is 54.1 Å². The largest absolute Gasteiger partial charge is 0.497 e. The van der Waals surface area contributed by atoms with Crippen molar-refractivity contribution in [3.63, 3.8) is 0 Å². The zero-order valence-corrected chi connectivity index (χ0v) is 31.1. The number of thiazole rings is 1. The van der Waals surface area contributed by atoms with E-state index in [1.165, 1.54) is 32.7 Å². The van der Waals surface area contributed by atoms with E-state index < -0.39 is 13.6 Å². The van der Waals surface area contributed by atoms with Crippen molar-refractivity contribution in [2.45, 2.75) is 46.1 Å². The minimum absolute atomic E-state index is 0.0373. The van der Waals surface area contributed by atoms with Crippen LogP contribution >= 0.6 is 18.9 Å². The Morgan fingerprint density at radius 3 is 1.73 bits per heavy atom. The van der Waals surface area contributed by atoms with Gasteiger partial charge in [0, 0.05) is 37.3 Å². The zero-order valence-electron chi connectivity index (χ0n) is 29.4. The van der Waals surface area contributed by atoms with E-state index >= 15 is 0 Å². The highest BCUT2D eigenvalue weighted by atomic mass is 32.1. The van der Waals surface area contributed by atoms with E-state index in [0.29, 0.717) is 58.2 Å². The summed E-state index contributed by atoms with van der Waals surface area (Å²) in [5.74, 6) is 1.25. The number of nitrogens with zero attached hydrogens (tertiary/aromatic N) is 1. The van der Waals surface area contributed by atoms with Crippen LogP contribution in [-0.4, -0.2) is 91.0 Å². The molecule has 2 atom stereocenters. The smallest absolute Gasteiger partial charge is 0.338 e. The fraction of sp³-hybridized carbons (Fsp3) is 0.485. The number of carbonyl (C=O) groups is 2. The summed E-state index contributed by atoms with van der Waals surface area (Å²) in [5, 5.41) is 4.83. The van der Waals surface area contributed by atoms with Crippen molar-refractivity contribution in [1.82, 2.24) is 4.98 Å². The molecule has 0 bridgehead atoms. The highest BCUT2D eigenvalue weighted by Gasteiger charge is 2.26. The van der Waals surface area contributed by atoms with Crippen LogP contribution in [0.15, 0.2) is 41.8 Å². The lowest BCUT2D eigenvalue weighted by Crippen LogP contribution is -2.18. The van der Waals surface area contributed by atoms with Gasteiger partial charge in [-0.25, -0.2) is 9.78 Å². The van der Waals surface area contributed by atoms with Gasteiger partial charge in [-0.2, -0.15) is 0 Å². The summed E-state index contributed by atoms with van der Waals surface area (Å²) in [4.78, 5) is 28.6. The van der Waals surface area contributed by atoms with Crippen LogP contribution in [-0.2, 0) is 34.0 Å². The Morgan fingerprint density at radius 2 is 1.27 bits per heavy atom. The molecule has 1 amide bonds. The van der Waals surface area contributed by atoms with E-state index in [-0.39, 0.29) is 37.5 Å². The number of hydrogen-bond acceptors (Lipinski definition) is 14. The molecule has 14 nitrogen and oxygen atoms in total. The van der Waals surface area contributed by atoms with Crippen LogP contribution in [0.25, 0.3) is 0 Å². The molecule has 0 aliphatic carbocycles. The van der Waals surface area contributed by atoms with Crippen LogP contribution in [0.2, 0.25) is 0 Å². The van der Waals surface area contributed by atoms with Gasteiger partial charge >= 0.3 is 13.6 Å². The molecule has 16 heteroatoms.